The summed E-state index contributed by atoms with van der Waals surface area (Å²) in [6, 6.07) is 7.85. The quantitative estimate of drug-likeness (QED) is 0.869. The average Bonchev–Trinajstić information content (AvgIpc) is 2.41. The largest absolute Gasteiger partial charge is 0.380 e. The molecular weight excluding hydrogens is 256 g/mol. The first-order valence-electron chi connectivity index (χ1n) is 6.83. The van der Waals surface area contributed by atoms with E-state index in [0.717, 1.165) is 17.7 Å². The number of rotatable bonds is 5. The Bertz CT molecular complexity index is 447. The van der Waals surface area contributed by atoms with Crippen LogP contribution in [0.25, 0.3) is 0 Å². The van der Waals surface area contributed by atoms with Gasteiger partial charge in [0.15, 0.2) is 0 Å². The molecule has 1 aliphatic heterocycles. The molecule has 1 aromatic carbocycles. The van der Waals surface area contributed by atoms with Crippen LogP contribution in [-0.2, 0) is 27.4 Å². The highest BCUT2D eigenvalue weighted by atomic mass is 16.5. The summed E-state index contributed by atoms with van der Waals surface area (Å²) in [5.41, 5.74) is 7.78. The highest BCUT2D eigenvalue weighted by molar-refractivity contribution is 5.80. The van der Waals surface area contributed by atoms with Crippen molar-refractivity contribution < 1.29 is 14.3 Å². The molecule has 2 N–H and O–H groups in total. The number of nitrogens with zero attached hydrogens (tertiary/aromatic N) is 1. The van der Waals surface area contributed by atoms with Gasteiger partial charge in [-0.15, -0.1) is 0 Å². The van der Waals surface area contributed by atoms with Crippen molar-refractivity contribution in [3.63, 3.8) is 0 Å². The number of morpholine rings is 1. The van der Waals surface area contributed by atoms with Crippen molar-refractivity contribution in [2.75, 3.05) is 20.3 Å². The van der Waals surface area contributed by atoms with E-state index in [0.29, 0.717) is 19.8 Å². The van der Waals surface area contributed by atoms with Crippen LogP contribution in [0.15, 0.2) is 24.3 Å². The SMILES string of the molecule is COCc1ccc(CN2CCO[C@H](C)[C@H]2C(N)=O)cc1. The summed E-state index contributed by atoms with van der Waals surface area (Å²) < 4.78 is 10.6. The van der Waals surface area contributed by atoms with Gasteiger partial charge in [0.1, 0.15) is 6.04 Å². The predicted molar refractivity (Wildman–Crippen MR) is 76.0 cm³/mol. The van der Waals surface area contributed by atoms with Gasteiger partial charge in [0.05, 0.1) is 19.3 Å². The van der Waals surface area contributed by atoms with Crippen molar-refractivity contribution in [1.29, 1.82) is 0 Å². The number of nitrogens with two attached hydrogens (primary N) is 1. The van der Waals surface area contributed by atoms with Crippen LogP contribution < -0.4 is 5.73 Å². The monoisotopic (exact) mass is 278 g/mol. The Hall–Kier alpha value is -1.43. The van der Waals surface area contributed by atoms with E-state index in [4.69, 9.17) is 15.2 Å². The van der Waals surface area contributed by atoms with Crippen LogP contribution in [0.5, 0.6) is 0 Å². The highest BCUT2D eigenvalue weighted by Gasteiger charge is 2.33. The number of carbonyl (C=O) groups excluding carboxylic acids is 1. The lowest BCUT2D eigenvalue weighted by atomic mass is 10.1. The number of hydrogen-bond donors (Lipinski definition) is 1. The third-order valence-electron chi connectivity index (χ3n) is 3.61. The van der Waals surface area contributed by atoms with E-state index in [9.17, 15) is 4.79 Å². The van der Waals surface area contributed by atoms with Crippen LogP contribution >= 0.6 is 0 Å². The second kappa shape index (κ2) is 6.83. The van der Waals surface area contributed by atoms with Crippen molar-refractivity contribution in [2.24, 2.45) is 5.73 Å². The number of benzene rings is 1. The van der Waals surface area contributed by atoms with Gasteiger partial charge in [-0.1, -0.05) is 24.3 Å². The molecule has 1 aliphatic rings. The lowest BCUT2D eigenvalue weighted by Crippen LogP contribution is -2.56. The maximum absolute atomic E-state index is 11.6. The lowest BCUT2D eigenvalue weighted by Gasteiger charge is -2.37. The molecule has 2 atom stereocenters. The first-order valence-corrected chi connectivity index (χ1v) is 6.83. The van der Waals surface area contributed by atoms with Crippen molar-refractivity contribution in [3.05, 3.63) is 35.4 Å². The Labute approximate surface area is 119 Å². The summed E-state index contributed by atoms with van der Waals surface area (Å²) in [5, 5.41) is 0. The molecule has 0 aliphatic carbocycles. The highest BCUT2D eigenvalue weighted by Crippen LogP contribution is 2.17. The van der Waals surface area contributed by atoms with Gasteiger partial charge in [-0.2, -0.15) is 0 Å². The van der Waals surface area contributed by atoms with Crippen LogP contribution in [0, 0.1) is 0 Å². The van der Waals surface area contributed by atoms with Gasteiger partial charge in [-0.25, -0.2) is 0 Å². The summed E-state index contributed by atoms with van der Waals surface area (Å²) >= 11 is 0. The minimum atomic E-state index is -0.359. The Morgan fingerprint density at radius 3 is 2.65 bits per heavy atom. The number of carbonyl (C=O) groups is 1. The van der Waals surface area contributed by atoms with E-state index in [-0.39, 0.29) is 18.1 Å². The number of methoxy groups -OCH3 is 1. The number of hydrogen-bond acceptors (Lipinski definition) is 4. The van der Waals surface area contributed by atoms with Crippen LogP contribution in [0.4, 0.5) is 0 Å². The molecule has 5 heteroatoms. The normalized spacial score (nSPS) is 23.7. The molecule has 0 unspecified atom stereocenters. The minimum absolute atomic E-state index is 0.158. The van der Waals surface area contributed by atoms with Gasteiger partial charge in [-0.05, 0) is 18.1 Å². The summed E-state index contributed by atoms with van der Waals surface area (Å²) in [4.78, 5) is 13.7. The standard InChI is InChI=1S/C15H22N2O3/c1-11-14(15(16)18)17(7-8-20-11)9-12-3-5-13(6-4-12)10-19-2/h3-6,11,14H,7-10H2,1-2H3,(H2,16,18)/t11-,14+/m1/s1. The van der Waals surface area contributed by atoms with E-state index in [2.05, 4.69) is 17.0 Å². The fourth-order valence-corrected chi connectivity index (χ4v) is 2.61. The molecule has 0 saturated carbocycles. The molecule has 0 spiro atoms. The molecule has 1 saturated heterocycles. The third-order valence-corrected chi connectivity index (χ3v) is 3.61. The van der Waals surface area contributed by atoms with E-state index < -0.39 is 0 Å². The van der Waals surface area contributed by atoms with Gasteiger partial charge in [-0.3, -0.25) is 9.69 Å². The van der Waals surface area contributed by atoms with E-state index in [1.165, 1.54) is 0 Å². The summed E-state index contributed by atoms with van der Waals surface area (Å²) in [7, 11) is 1.68. The summed E-state index contributed by atoms with van der Waals surface area (Å²) in [5.74, 6) is -0.326. The third kappa shape index (κ3) is 3.56. The maximum atomic E-state index is 11.6. The molecule has 1 amide bonds. The van der Waals surface area contributed by atoms with Crippen molar-refractivity contribution in [1.82, 2.24) is 4.90 Å². The van der Waals surface area contributed by atoms with Gasteiger partial charge < -0.3 is 15.2 Å². The predicted octanol–water partition coefficient (Wildman–Crippen LogP) is 0.908. The van der Waals surface area contributed by atoms with Crippen LogP contribution in [0.3, 0.4) is 0 Å². The van der Waals surface area contributed by atoms with E-state index in [1.807, 2.05) is 19.1 Å². The Morgan fingerprint density at radius 1 is 1.40 bits per heavy atom. The van der Waals surface area contributed by atoms with Crippen molar-refractivity contribution >= 4 is 5.91 Å². The Morgan fingerprint density at radius 2 is 2.05 bits per heavy atom. The van der Waals surface area contributed by atoms with Gasteiger partial charge in [0.25, 0.3) is 0 Å². The molecule has 0 radical (unpaired) electrons. The molecule has 5 nitrogen and oxygen atoms in total. The molecular formula is C15H22N2O3. The maximum Gasteiger partial charge on any atom is 0.237 e. The van der Waals surface area contributed by atoms with Gasteiger partial charge in [0.2, 0.25) is 5.91 Å². The smallest absolute Gasteiger partial charge is 0.237 e. The van der Waals surface area contributed by atoms with Crippen molar-refractivity contribution in [3.8, 4) is 0 Å². The molecule has 1 heterocycles. The van der Waals surface area contributed by atoms with E-state index >= 15 is 0 Å². The zero-order valence-corrected chi connectivity index (χ0v) is 12.0. The topological polar surface area (TPSA) is 64.8 Å². The van der Waals surface area contributed by atoms with E-state index in [1.54, 1.807) is 7.11 Å². The van der Waals surface area contributed by atoms with Crippen molar-refractivity contribution in [2.45, 2.75) is 32.2 Å². The minimum Gasteiger partial charge on any atom is -0.380 e. The van der Waals surface area contributed by atoms with Gasteiger partial charge >= 0.3 is 0 Å². The average molecular weight is 278 g/mol. The van der Waals surface area contributed by atoms with Crippen LogP contribution in [0.2, 0.25) is 0 Å². The molecule has 110 valence electrons. The molecule has 0 aromatic heterocycles. The molecule has 20 heavy (non-hydrogen) atoms. The Kier molecular flexibility index (Phi) is 5.11. The first kappa shape index (κ1) is 15.0. The second-order valence-corrected chi connectivity index (χ2v) is 5.14. The summed E-state index contributed by atoms with van der Waals surface area (Å²) in [6.45, 7) is 4.56. The lowest BCUT2D eigenvalue weighted by molar-refractivity contribution is -0.136. The Balaban J connectivity index is 2.05. The van der Waals surface area contributed by atoms with Gasteiger partial charge in [0, 0.05) is 20.2 Å². The van der Waals surface area contributed by atoms with Crippen LogP contribution in [0.1, 0.15) is 18.1 Å². The zero-order valence-electron chi connectivity index (χ0n) is 12.0. The molecule has 1 fully saturated rings. The fourth-order valence-electron chi connectivity index (χ4n) is 2.61. The van der Waals surface area contributed by atoms with Crippen LogP contribution in [-0.4, -0.2) is 43.2 Å². The first-order chi connectivity index (χ1) is 9.61. The number of ether oxygens (including phenoxy) is 2. The molecule has 1 aromatic rings. The fraction of sp³-hybridized carbons (Fsp3) is 0.533. The zero-order chi connectivity index (χ0) is 14.5. The molecule has 0 bridgehead atoms. The molecule has 2 rings (SSSR count). The number of amides is 1. The summed E-state index contributed by atoms with van der Waals surface area (Å²) in [6.07, 6.45) is -0.158. The number of primary amides is 1. The second-order valence-electron chi connectivity index (χ2n) is 5.14.